The van der Waals surface area contributed by atoms with E-state index in [1.54, 1.807) is 48.5 Å². The third-order valence-electron chi connectivity index (χ3n) is 4.73. The normalized spacial score (nSPS) is 11.6. The quantitative estimate of drug-likeness (QED) is 0.405. The zero-order valence-corrected chi connectivity index (χ0v) is 18.5. The number of hydrogen-bond acceptors (Lipinski definition) is 4. The molecule has 0 aliphatic rings. The van der Waals surface area contributed by atoms with Gasteiger partial charge in [-0.05, 0) is 35.9 Å². The number of hydrogen-bond donors (Lipinski definition) is 2. The Bertz CT molecular complexity index is 1440. The molecule has 4 aromatic carbocycles. The third kappa shape index (κ3) is 4.66. The summed E-state index contributed by atoms with van der Waals surface area (Å²) in [6.07, 6.45) is 0. The van der Waals surface area contributed by atoms with Crippen molar-refractivity contribution in [2.45, 2.75) is 9.79 Å². The minimum Gasteiger partial charge on any atom is -0.277 e. The van der Waals surface area contributed by atoms with Crippen LogP contribution in [0.25, 0.3) is 11.1 Å². The molecule has 4 aromatic rings. The first-order chi connectivity index (χ1) is 15.4. The van der Waals surface area contributed by atoms with Crippen molar-refractivity contribution in [3.8, 4) is 11.1 Å². The lowest BCUT2D eigenvalue weighted by Crippen LogP contribution is -2.18. The Kier molecular flexibility index (Phi) is 5.98. The van der Waals surface area contributed by atoms with Crippen LogP contribution in [-0.2, 0) is 20.0 Å². The molecule has 0 atom stereocenters. The van der Waals surface area contributed by atoms with Gasteiger partial charge in [-0.2, -0.15) is 0 Å². The van der Waals surface area contributed by atoms with Crippen molar-refractivity contribution < 1.29 is 16.8 Å². The van der Waals surface area contributed by atoms with Crippen LogP contribution in [0.15, 0.2) is 119 Å². The molecular formula is C24H20N2O4S2. The summed E-state index contributed by atoms with van der Waals surface area (Å²) in [7, 11) is -7.91. The highest BCUT2D eigenvalue weighted by Gasteiger charge is 2.22. The molecule has 0 unspecified atom stereocenters. The van der Waals surface area contributed by atoms with Gasteiger partial charge in [0, 0.05) is 5.56 Å². The minimum absolute atomic E-state index is 0.0760. The van der Waals surface area contributed by atoms with Crippen molar-refractivity contribution >= 4 is 31.4 Å². The monoisotopic (exact) mass is 464 g/mol. The molecule has 0 fully saturated rings. The average molecular weight is 465 g/mol. The van der Waals surface area contributed by atoms with Crippen LogP contribution in [0, 0.1) is 0 Å². The van der Waals surface area contributed by atoms with Crippen LogP contribution in [0.4, 0.5) is 11.4 Å². The molecule has 8 heteroatoms. The Morgan fingerprint density at radius 2 is 0.938 bits per heavy atom. The highest BCUT2D eigenvalue weighted by Crippen LogP contribution is 2.31. The molecule has 4 rings (SSSR count). The molecule has 6 nitrogen and oxygen atoms in total. The predicted octanol–water partition coefficient (Wildman–Crippen LogP) is 4.96. The summed E-state index contributed by atoms with van der Waals surface area (Å²) in [4.78, 5) is 0.166. The molecule has 0 spiro atoms. The number of benzene rings is 4. The molecule has 0 aromatic heterocycles. The molecule has 162 valence electrons. The van der Waals surface area contributed by atoms with E-state index in [2.05, 4.69) is 9.44 Å². The molecule has 0 amide bonds. The van der Waals surface area contributed by atoms with Gasteiger partial charge in [-0.15, -0.1) is 0 Å². The van der Waals surface area contributed by atoms with Gasteiger partial charge < -0.3 is 0 Å². The van der Waals surface area contributed by atoms with E-state index >= 15 is 0 Å². The van der Waals surface area contributed by atoms with Gasteiger partial charge in [0.25, 0.3) is 20.0 Å². The van der Waals surface area contributed by atoms with E-state index in [9.17, 15) is 16.8 Å². The molecule has 0 aliphatic carbocycles. The molecule has 0 aliphatic heterocycles. The molecule has 0 saturated heterocycles. The van der Waals surface area contributed by atoms with Crippen LogP contribution in [0.2, 0.25) is 0 Å². The smallest absolute Gasteiger partial charge is 0.262 e. The minimum atomic E-state index is -4.02. The topological polar surface area (TPSA) is 92.3 Å². The fourth-order valence-electron chi connectivity index (χ4n) is 3.22. The van der Waals surface area contributed by atoms with Gasteiger partial charge in [0.15, 0.2) is 0 Å². The molecule has 0 bridgehead atoms. The van der Waals surface area contributed by atoms with Gasteiger partial charge in [-0.1, -0.05) is 78.9 Å². The zero-order valence-electron chi connectivity index (χ0n) is 16.8. The standard InChI is InChI=1S/C24H20N2O4S2/c27-31(28,20-13-5-2-6-14-20)25-22-16-8-9-17-23(22)26-32(29,30)24-18-10-7-15-21(24)19-11-3-1-4-12-19/h1-18,25-26H. The summed E-state index contributed by atoms with van der Waals surface area (Å²) in [5.74, 6) is 0. The van der Waals surface area contributed by atoms with E-state index in [0.29, 0.717) is 5.56 Å². The van der Waals surface area contributed by atoms with Crippen molar-refractivity contribution in [3.05, 3.63) is 109 Å². The summed E-state index contributed by atoms with van der Waals surface area (Å²) in [5.41, 5.74) is 1.54. The maximum Gasteiger partial charge on any atom is 0.262 e. The van der Waals surface area contributed by atoms with Crippen molar-refractivity contribution in [3.63, 3.8) is 0 Å². The largest absolute Gasteiger partial charge is 0.277 e. The molecule has 0 saturated carbocycles. The molecular weight excluding hydrogens is 444 g/mol. The van der Waals surface area contributed by atoms with E-state index in [1.165, 1.54) is 30.3 Å². The van der Waals surface area contributed by atoms with E-state index in [0.717, 1.165) is 5.56 Å². The van der Waals surface area contributed by atoms with Gasteiger partial charge in [-0.25, -0.2) is 16.8 Å². The second kappa shape index (κ2) is 8.86. The van der Waals surface area contributed by atoms with E-state index in [-0.39, 0.29) is 21.2 Å². The van der Waals surface area contributed by atoms with Crippen LogP contribution in [0.5, 0.6) is 0 Å². The molecule has 0 heterocycles. The average Bonchev–Trinajstić information content (AvgIpc) is 2.81. The number of rotatable bonds is 7. The van der Waals surface area contributed by atoms with Gasteiger partial charge in [0.1, 0.15) is 0 Å². The van der Waals surface area contributed by atoms with Crippen LogP contribution in [0.1, 0.15) is 0 Å². The Balaban J connectivity index is 1.70. The van der Waals surface area contributed by atoms with Crippen LogP contribution >= 0.6 is 0 Å². The summed E-state index contributed by atoms with van der Waals surface area (Å²) in [6, 6.07) is 30.0. The Labute approximate surface area is 187 Å². The summed E-state index contributed by atoms with van der Waals surface area (Å²) < 4.78 is 57.1. The van der Waals surface area contributed by atoms with Crippen molar-refractivity contribution in [1.29, 1.82) is 0 Å². The van der Waals surface area contributed by atoms with E-state index < -0.39 is 20.0 Å². The first kappa shape index (κ1) is 21.6. The molecule has 32 heavy (non-hydrogen) atoms. The van der Waals surface area contributed by atoms with Crippen LogP contribution in [0.3, 0.4) is 0 Å². The van der Waals surface area contributed by atoms with Crippen LogP contribution in [-0.4, -0.2) is 16.8 Å². The summed E-state index contributed by atoms with van der Waals surface area (Å²) >= 11 is 0. The summed E-state index contributed by atoms with van der Waals surface area (Å²) in [6.45, 7) is 0. The SMILES string of the molecule is O=S(=O)(Nc1ccccc1NS(=O)(=O)c1ccccc1-c1ccccc1)c1ccccc1. The third-order valence-corrected chi connectivity index (χ3v) is 7.54. The van der Waals surface area contributed by atoms with Gasteiger partial charge in [0.05, 0.1) is 21.2 Å². The van der Waals surface area contributed by atoms with E-state index in [4.69, 9.17) is 0 Å². The first-order valence-electron chi connectivity index (χ1n) is 9.71. The van der Waals surface area contributed by atoms with Crippen molar-refractivity contribution in [2.75, 3.05) is 9.44 Å². The van der Waals surface area contributed by atoms with Gasteiger partial charge in [0.2, 0.25) is 0 Å². The molecule has 2 N–H and O–H groups in total. The van der Waals surface area contributed by atoms with E-state index in [1.807, 2.05) is 30.3 Å². The number of anilines is 2. The second-order valence-corrected chi connectivity index (χ2v) is 10.3. The lowest BCUT2D eigenvalue weighted by atomic mass is 10.1. The number of para-hydroxylation sites is 2. The van der Waals surface area contributed by atoms with Crippen molar-refractivity contribution in [1.82, 2.24) is 0 Å². The maximum absolute atomic E-state index is 13.3. The van der Waals surface area contributed by atoms with Crippen molar-refractivity contribution in [2.24, 2.45) is 0 Å². The Morgan fingerprint density at radius 3 is 1.56 bits per heavy atom. The summed E-state index contributed by atoms with van der Waals surface area (Å²) in [5, 5.41) is 0. The van der Waals surface area contributed by atoms with Gasteiger partial charge in [-0.3, -0.25) is 9.44 Å². The lowest BCUT2D eigenvalue weighted by Gasteiger charge is -2.16. The Hall–Kier alpha value is -3.62. The van der Waals surface area contributed by atoms with Gasteiger partial charge >= 0.3 is 0 Å². The number of nitrogens with one attached hydrogen (secondary N) is 2. The first-order valence-corrected chi connectivity index (χ1v) is 12.7. The highest BCUT2D eigenvalue weighted by molar-refractivity contribution is 7.93. The Morgan fingerprint density at radius 1 is 0.469 bits per heavy atom. The zero-order chi connectivity index (χ0) is 22.6. The fraction of sp³-hybridized carbons (Fsp3) is 0. The van der Waals surface area contributed by atoms with Crippen LogP contribution < -0.4 is 9.44 Å². The lowest BCUT2D eigenvalue weighted by molar-refractivity contribution is 0.599. The maximum atomic E-state index is 13.3. The number of sulfonamides is 2. The molecule has 0 radical (unpaired) electrons. The fourth-order valence-corrected chi connectivity index (χ4v) is 5.63. The predicted molar refractivity (Wildman–Crippen MR) is 126 cm³/mol. The highest BCUT2D eigenvalue weighted by atomic mass is 32.2. The second-order valence-electron chi connectivity index (χ2n) is 6.93.